The molecule has 1 heterocycles. The van der Waals surface area contributed by atoms with E-state index in [9.17, 15) is 14.9 Å². The van der Waals surface area contributed by atoms with Gasteiger partial charge in [-0.05, 0) is 18.2 Å². The standard InChI is InChI=1S/C13H11N3O4/c14-13-10(16(18)19)4-1-5-12(13)20-8-11(17)9-3-2-6-15-7-9/h1-7H,8,14H2. The summed E-state index contributed by atoms with van der Waals surface area (Å²) in [5.41, 5.74) is 5.66. The molecule has 0 fully saturated rings. The van der Waals surface area contributed by atoms with Crippen LogP contribution >= 0.6 is 0 Å². The number of Topliss-reactive ketones (excluding diaryl/α,β-unsaturated/α-hetero) is 1. The summed E-state index contributed by atoms with van der Waals surface area (Å²) in [7, 11) is 0. The number of pyridine rings is 1. The van der Waals surface area contributed by atoms with Crippen molar-refractivity contribution < 1.29 is 14.5 Å². The third kappa shape index (κ3) is 2.89. The van der Waals surface area contributed by atoms with E-state index in [0.717, 1.165) is 0 Å². The van der Waals surface area contributed by atoms with Gasteiger partial charge in [0.1, 0.15) is 5.75 Å². The van der Waals surface area contributed by atoms with Crippen molar-refractivity contribution in [1.82, 2.24) is 4.98 Å². The lowest BCUT2D eigenvalue weighted by atomic mass is 10.2. The van der Waals surface area contributed by atoms with E-state index in [1.807, 2.05) is 0 Å². The number of para-hydroxylation sites is 1. The fourth-order valence-electron chi connectivity index (χ4n) is 1.57. The Balaban J connectivity index is 2.10. The van der Waals surface area contributed by atoms with Gasteiger partial charge in [0, 0.05) is 24.0 Å². The van der Waals surface area contributed by atoms with Crippen molar-refractivity contribution in [2.45, 2.75) is 0 Å². The molecule has 0 aliphatic carbocycles. The smallest absolute Gasteiger partial charge is 0.295 e. The summed E-state index contributed by atoms with van der Waals surface area (Å²) in [6, 6.07) is 7.42. The van der Waals surface area contributed by atoms with Crippen LogP contribution < -0.4 is 10.5 Å². The second kappa shape index (κ2) is 5.79. The second-order valence-corrected chi connectivity index (χ2v) is 3.90. The van der Waals surface area contributed by atoms with E-state index >= 15 is 0 Å². The SMILES string of the molecule is Nc1c(OCC(=O)c2cccnc2)cccc1[N+](=O)[O-]. The van der Waals surface area contributed by atoms with Crippen LogP contribution in [-0.2, 0) is 0 Å². The molecule has 7 nitrogen and oxygen atoms in total. The molecule has 2 aromatic rings. The van der Waals surface area contributed by atoms with Gasteiger partial charge in [-0.3, -0.25) is 19.9 Å². The van der Waals surface area contributed by atoms with Crippen molar-refractivity contribution in [2.75, 3.05) is 12.3 Å². The van der Waals surface area contributed by atoms with Gasteiger partial charge in [-0.1, -0.05) is 6.07 Å². The third-order valence-electron chi connectivity index (χ3n) is 2.58. The van der Waals surface area contributed by atoms with Gasteiger partial charge in [0.05, 0.1) is 4.92 Å². The largest absolute Gasteiger partial charge is 0.483 e. The zero-order valence-electron chi connectivity index (χ0n) is 10.4. The number of hydrogen-bond acceptors (Lipinski definition) is 6. The molecule has 2 N–H and O–H groups in total. The Labute approximate surface area is 114 Å². The Morgan fingerprint density at radius 3 is 2.80 bits per heavy atom. The Kier molecular flexibility index (Phi) is 3.90. The molecular formula is C13H11N3O4. The lowest BCUT2D eigenvalue weighted by Gasteiger charge is -2.08. The van der Waals surface area contributed by atoms with E-state index in [-0.39, 0.29) is 29.5 Å². The zero-order valence-corrected chi connectivity index (χ0v) is 10.4. The number of carbonyl (C=O) groups is 1. The number of nitrogens with zero attached hydrogens (tertiary/aromatic N) is 2. The van der Waals surface area contributed by atoms with Crippen LogP contribution in [0.25, 0.3) is 0 Å². The molecule has 0 saturated carbocycles. The van der Waals surface area contributed by atoms with Crippen molar-refractivity contribution in [3.63, 3.8) is 0 Å². The Bertz CT molecular complexity index is 643. The summed E-state index contributed by atoms with van der Waals surface area (Å²) in [6.07, 6.45) is 2.97. The predicted molar refractivity (Wildman–Crippen MR) is 71.6 cm³/mol. The van der Waals surface area contributed by atoms with Crippen molar-refractivity contribution >= 4 is 17.2 Å². The predicted octanol–water partition coefficient (Wildman–Crippen LogP) is 1.83. The van der Waals surface area contributed by atoms with Crippen LogP contribution in [0.2, 0.25) is 0 Å². The number of rotatable bonds is 5. The number of ether oxygens (including phenoxy) is 1. The van der Waals surface area contributed by atoms with Crippen LogP contribution in [-0.4, -0.2) is 22.3 Å². The average molecular weight is 273 g/mol. The highest BCUT2D eigenvalue weighted by Gasteiger charge is 2.16. The van der Waals surface area contributed by atoms with Crippen molar-refractivity contribution in [3.05, 3.63) is 58.4 Å². The van der Waals surface area contributed by atoms with Gasteiger partial charge >= 0.3 is 0 Å². The molecule has 0 spiro atoms. The minimum atomic E-state index is -0.606. The highest BCUT2D eigenvalue weighted by molar-refractivity contribution is 5.97. The molecule has 0 bridgehead atoms. The van der Waals surface area contributed by atoms with Crippen molar-refractivity contribution in [3.8, 4) is 5.75 Å². The molecule has 1 aromatic carbocycles. The highest BCUT2D eigenvalue weighted by atomic mass is 16.6. The molecule has 2 rings (SSSR count). The van der Waals surface area contributed by atoms with Crippen LogP contribution in [0.4, 0.5) is 11.4 Å². The number of hydrogen-bond donors (Lipinski definition) is 1. The molecule has 0 atom stereocenters. The van der Waals surface area contributed by atoms with Gasteiger partial charge in [0.15, 0.2) is 12.3 Å². The summed E-state index contributed by atoms with van der Waals surface area (Å²) >= 11 is 0. The summed E-state index contributed by atoms with van der Waals surface area (Å²) in [4.78, 5) is 25.8. The first-order chi connectivity index (χ1) is 9.59. The molecule has 20 heavy (non-hydrogen) atoms. The number of anilines is 1. The molecule has 0 aliphatic rings. The van der Waals surface area contributed by atoms with E-state index in [4.69, 9.17) is 10.5 Å². The molecule has 0 aliphatic heterocycles. The number of nitrogen functional groups attached to an aromatic ring is 1. The maximum atomic E-state index is 11.8. The van der Waals surface area contributed by atoms with Crippen LogP contribution in [0, 0.1) is 10.1 Å². The average Bonchev–Trinajstić information content (AvgIpc) is 2.46. The number of carbonyl (C=O) groups excluding carboxylic acids is 1. The van der Waals surface area contributed by atoms with E-state index in [1.54, 1.807) is 18.3 Å². The molecule has 7 heteroatoms. The lowest BCUT2D eigenvalue weighted by molar-refractivity contribution is -0.384. The van der Waals surface area contributed by atoms with Gasteiger partial charge in [0.25, 0.3) is 5.69 Å². The second-order valence-electron chi connectivity index (χ2n) is 3.90. The molecule has 0 saturated heterocycles. The zero-order chi connectivity index (χ0) is 14.5. The number of nitrogens with two attached hydrogens (primary N) is 1. The van der Waals surface area contributed by atoms with E-state index in [2.05, 4.69) is 4.98 Å². The highest BCUT2D eigenvalue weighted by Crippen LogP contribution is 2.30. The fraction of sp³-hybridized carbons (Fsp3) is 0.0769. The molecule has 1 aromatic heterocycles. The Morgan fingerprint density at radius 2 is 2.15 bits per heavy atom. The first-order valence-electron chi connectivity index (χ1n) is 5.68. The summed E-state index contributed by atoms with van der Waals surface area (Å²) in [6.45, 7) is -0.267. The summed E-state index contributed by atoms with van der Waals surface area (Å²) in [5.74, 6) is -0.180. The molecule has 0 unspecified atom stereocenters. The number of ketones is 1. The third-order valence-corrected chi connectivity index (χ3v) is 2.58. The van der Waals surface area contributed by atoms with Gasteiger partial charge in [0.2, 0.25) is 5.78 Å². The van der Waals surface area contributed by atoms with Crippen molar-refractivity contribution in [2.24, 2.45) is 0 Å². The molecule has 0 radical (unpaired) electrons. The van der Waals surface area contributed by atoms with Gasteiger partial charge in [-0.2, -0.15) is 0 Å². The quantitative estimate of drug-likeness (QED) is 0.385. The molecular weight excluding hydrogens is 262 g/mol. The number of nitro groups is 1. The van der Waals surface area contributed by atoms with Crippen LogP contribution in [0.5, 0.6) is 5.75 Å². The van der Waals surface area contributed by atoms with Crippen molar-refractivity contribution in [1.29, 1.82) is 0 Å². The van der Waals surface area contributed by atoms with E-state index in [1.165, 1.54) is 24.4 Å². The molecule has 0 amide bonds. The monoisotopic (exact) mass is 273 g/mol. The fourth-order valence-corrected chi connectivity index (χ4v) is 1.57. The topological polar surface area (TPSA) is 108 Å². The van der Waals surface area contributed by atoms with E-state index < -0.39 is 4.92 Å². The minimum absolute atomic E-state index is 0.100. The van der Waals surface area contributed by atoms with Gasteiger partial charge < -0.3 is 10.5 Å². The van der Waals surface area contributed by atoms with E-state index in [0.29, 0.717) is 5.56 Å². The normalized spacial score (nSPS) is 10.0. The summed E-state index contributed by atoms with van der Waals surface area (Å²) in [5, 5.41) is 10.7. The number of aromatic nitrogens is 1. The Hall–Kier alpha value is -2.96. The lowest BCUT2D eigenvalue weighted by Crippen LogP contribution is -2.12. The first-order valence-corrected chi connectivity index (χ1v) is 5.68. The number of benzene rings is 1. The molecule has 102 valence electrons. The van der Waals surface area contributed by atoms with Gasteiger partial charge in [-0.15, -0.1) is 0 Å². The van der Waals surface area contributed by atoms with Crippen LogP contribution in [0.3, 0.4) is 0 Å². The van der Waals surface area contributed by atoms with Crippen LogP contribution in [0.15, 0.2) is 42.7 Å². The number of nitro benzene ring substituents is 1. The first kappa shape index (κ1) is 13.5. The maximum Gasteiger partial charge on any atom is 0.295 e. The minimum Gasteiger partial charge on any atom is -0.483 e. The van der Waals surface area contributed by atoms with Gasteiger partial charge in [-0.25, -0.2) is 0 Å². The summed E-state index contributed by atoms with van der Waals surface area (Å²) < 4.78 is 5.24. The van der Waals surface area contributed by atoms with Crippen LogP contribution in [0.1, 0.15) is 10.4 Å². The maximum absolute atomic E-state index is 11.8. The Morgan fingerprint density at radius 1 is 1.35 bits per heavy atom.